The average Bonchev–Trinajstić information content (AvgIpc) is 3.31. The van der Waals surface area contributed by atoms with Crippen LogP contribution in [-0.2, 0) is 22.0 Å². The first-order valence-corrected chi connectivity index (χ1v) is 15.8. The molecular formula is C31H36F3N7O5S. The lowest BCUT2D eigenvalue weighted by Gasteiger charge is -2.26. The fourth-order valence-electron chi connectivity index (χ4n) is 4.33. The quantitative estimate of drug-likeness (QED) is 0.107. The number of nitrogens with one attached hydrogen (secondary N) is 2. The number of rotatable bonds is 11. The van der Waals surface area contributed by atoms with Crippen molar-refractivity contribution in [2.75, 3.05) is 56.0 Å². The zero-order valence-corrected chi connectivity index (χ0v) is 27.2. The van der Waals surface area contributed by atoms with Gasteiger partial charge in [0.15, 0.2) is 5.75 Å². The Morgan fingerprint density at radius 1 is 1.13 bits per heavy atom. The third-order valence-corrected chi connectivity index (χ3v) is 6.33. The van der Waals surface area contributed by atoms with Crippen LogP contribution in [0.1, 0.15) is 0 Å². The van der Waals surface area contributed by atoms with Crippen LogP contribution in [0.4, 0.5) is 36.2 Å². The molecule has 12 nitrogen and oxygen atoms in total. The lowest BCUT2D eigenvalue weighted by molar-refractivity contribution is -0.274. The Hall–Kier alpha value is -4.93. The van der Waals surface area contributed by atoms with E-state index in [1.54, 1.807) is 18.0 Å². The van der Waals surface area contributed by atoms with Gasteiger partial charge in [0, 0.05) is 68.2 Å². The van der Waals surface area contributed by atoms with Crippen LogP contribution in [-0.4, -0.2) is 85.2 Å². The standard InChI is InChI=1S/C30H32F3N7O2.CH4O3S/c1-6-7-12-28(41)35-23-17-24(27(42-30(31,32)33)18-26(23)39(4)16-15-38(2)3)37-29-34-14-13-22(36-29)21-19-40(5)25-11-9-8-10-20(21)25;1-5(2,3)4/h6-14,17-19H,1,15-16H2,2-5H3,(H,35,41)(H,34,36,37);1H3,(H,2,3,4)/b12-7-;. The van der Waals surface area contributed by atoms with Crippen molar-refractivity contribution in [2.45, 2.75) is 6.36 Å². The van der Waals surface area contributed by atoms with Gasteiger partial charge in [-0.15, -0.1) is 13.2 Å². The molecule has 0 atom stereocenters. The van der Waals surface area contributed by atoms with Gasteiger partial charge in [-0.1, -0.05) is 36.9 Å². The summed E-state index contributed by atoms with van der Waals surface area (Å²) >= 11 is 0. The molecule has 0 saturated heterocycles. The fourth-order valence-corrected chi connectivity index (χ4v) is 4.33. The topological polar surface area (TPSA) is 142 Å². The SMILES string of the molecule is C=C/C=C\C(=O)Nc1cc(Nc2nccc(-c3cn(C)c4ccccc34)n2)c(OC(F)(F)F)cc1N(C)CCN(C)C.CS(=O)(=O)O. The van der Waals surface area contributed by atoms with Crippen molar-refractivity contribution >= 4 is 49.9 Å². The van der Waals surface area contributed by atoms with Crippen LogP contribution < -0.4 is 20.3 Å². The largest absolute Gasteiger partial charge is 0.573 e. The highest BCUT2D eigenvalue weighted by molar-refractivity contribution is 7.85. The number of hydrogen-bond acceptors (Lipinski definition) is 9. The molecule has 47 heavy (non-hydrogen) atoms. The van der Waals surface area contributed by atoms with E-state index in [-0.39, 0.29) is 17.3 Å². The highest BCUT2D eigenvalue weighted by Gasteiger charge is 2.33. The summed E-state index contributed by atoms with van der Waals surface area (Å²) in [4.78, 5) is 25.1. The number of likely N-dealkylation sites (N-methyl/N-ethyl adjacent to an activating group) is 2. The number of ether oxygens (including phenoxy) is 1. The summed E-state index contributed by atoms with van der Waals surface area (Å²) in [7, 11) is 3.74. The van der Waals surface area contributed by atoms with Gasteiger partial charge < -0.3 is 29.7 Å². The number of nitrogens with zero attached hydrogens (tertiary/aromatic N) is 5. The maximum atomic E-state index is 13.5. The summed E-state index contributed by atoms with van der Waals surface area (Å²) in [6, 6.07) is 12.1. The molecule has 0 aliphatic carbocycles. The van der Waals surface area contributed by atoms with Crippen LogP contribution >= 0.6 is 0 Å². The molecule has 0 fully saturated rings. The van der Waals surface area contributed by atoms with Gasteiger partial charge in [0.05, 0.1) is 29.0 Å². The number of benzene rings is 2. The highest BCUT2D eigenvalue weighted by Crippen LogP contribution is 2.40. The molecule has 0 bridgehead atoms. The first kappa shape index (κ1) is 36.5. The summed E-state index contributed by atoms with van der Waals surface area (Å²) in [5.41, 5.74) is 2.91. The van der Waals surface area contributed by atoms with Crippen molar-refractivity contribution in [3.63, 3.8) is 0 Å². The molecule has 4 aromatic rings. The monoisotopic (exact) mass is 675 g/mol. The minimum Gasteiger partial charge on any atom is -0.403 e. The van der Waals surface area contributed by atoms with Crippen LogP contribution in [0.25, 0.3) is 22.2 Å². The van der Waals surface area contributed by atoms with Crippen molar-refractivity contribution < 1.29 is 35.7 Å². The third-order valence-electron chi connectivity index (χ3n) is 6.33. The molecule has 0 saturated carbocycles. The molecule has 0 aliphatic heterocycles. The molecular weight excluding hydrogens is 639 g/mol. The van der Waals surface area contributed by atoms with Crippen LogP contribution in [0.2, 0.25) is 0 Å². The number of carbonyl (C=O) groups is 1. The number of allylic oxidation sites excluding steroid dienone is 2. The summed E-state index contributed by atoms with van der Waals surface area (Å²) < 4.78 is 72.9. The molecule has 0 spiro atoms. The highest BCUT2D eigenvalue weighted by atomic mass is 32.2. The van der Waals surface area contributed by atoms with E-state index in [2.05, 4.69) is 31.9 Å². The summed E-state index contributed by atoms with van der Waals surface area (Å²) in [5.74, 6) is -0.945. The van der Waals surface area contributed by atoms with Gasteiger partial charge in [0.1, 0.15) is 0 Å². The number of anilines is 4. The molecule has 1 amide bonds. The van der Waals surface area contributed by atoms with Gasteiger partial charge in [-0.3, -0.25) is 9.35 Å². The number of para-hydroxylation sites is 1. The smallest absolute Gasteiger partial charge is 0.403 e. The minimum absolute atomic E-state index is 0.0463. The number of fused-ring (bicyclic) bond motifs is 1. The zero-order valence-electron chi connectivity index (χ0n) is 26.4. The van der Waals surface area contributed by atoms with Crippen molar-refractivity contribution in [3.8, 4) is 17.0 Å². The van der Waals surface area contributed by atoms with Crippen molar-refractivity contribution in [1.29, 1.82) is 0 Å². The van der Waals surface area contributed by atoms with Gasteiger partial charge in [-0.25, -0.2) is 9.97 Å². The van der Waals surface area contributed by atoms with Crippen molar-refractivity contribution in [1.82, 2.24) is 19.4 Å². The van der Waals surface area contributed by atoms with E-state index < -0.39 is 28.1 Å². The molecule has 0 aliphatic rings. The van der Waals surface area contributed by atoms with Crippen molar-refractivity contribution in [3.05, 3.63) is 79.7 Å². The fraction of sp³-hybridized carbons (Fsp3) is 0.258. The zero-order chi connectivity index (χ0) is 34.9. The number of aromatic nitrogens is 3. The summed E-state index contributed by atoms with van der Waals surface area (Å²) in [6.07, 6.45) is 3.35. The Bertz CT molecular complexity index is 1850. The van der Waals surface area contributed by atoms with Gasteiger partial charge in [-0.05, 0) is 32.3 Å². The second kappa shape index (κ2) is 15.6. The lowest BCUT2D eigenvalue weighted by Crippen LogP contribution is -2.29. The number of alkyl halides is 3. The Morgan fingerprint density at radius 2 is 1.81 bits per heavy atom. The maximum Gasteiger partial charge on any atom is 0.573 e. The molecule has 0 radical (unpaired) electrons. The van der Waals surface area contributed by atoms with Gasteiger partial charge in [0.25, 0.3) is 10.1 Å². The number of carbonyl (C=O) groups excluding carboxylic acids is 1. The summed E-state index contributed by atoms with van der Waals surface area (Å²) in [5, 5.41) is 6.57. The number of aryl methyl sites for hydroxylation is 1. The van der Waals surface area contributed by atoms with Gasteiger partial charge in [0.2, 0.25) is 11.9 Å². The van der Waals surface area contributed by atoms with Gasteiger partial charge in [-0.2, -0.15) is 8.42 Å². The molecule has 252 valence electrons. The Balaban J connectivity index is 0.00000111. The predicted molar refractivity (Wildman–Crippen MR) is 178 cm³/mol. The van der Waals surface area contributed by atoms with E-state index in [1.807, 2.05) is 61.1 Å². The van der Waals surface area contributed by atoms with Crippen LogP contribution in [0, 0.1) is 0 Å². The summed E-state index contributed by atoms with van der Waals surface area (Å²) in [6.45, 7) is 4.63. The maximum absolute atomic E-state index is 13.5. The average molecular weight is 676 g/mol. The van der Waals surface area contributed by atoms with E-state index in [4.69, 9.17) is 4.55 Å². The number of halogens is 3. The van der Waals surface area contributed by atoms with E-state index in [0.29, 0.717) is 30.7 Å². The van der Waals surface area contributed by atoms with E-state index in [0.717, 1.165) is 16.5 Å². The minimum atomic E-state index is -4.97. The number of amides is 1. The predicted octanol–water partition coefficient (Wildman–Crippen LogP) is 5.46. The Labute approximate surface area is 270 Å². The molecule has 2 aromatic carbocycles. The van der Waals surface area contributed by atoms with Crippen LogP contribution in [0.3, 0.4) is 0 Å². The molecule has 4 rings (SSSR count). The molecule has 16 heteroatoms. The molecule has 2 heterocycles. The Kier molecular flexibility index (Phi) is 12.1. The first-order chi connectivity index (χ1) is 21.9. The van der Waals surface area contributed by atoms with Crippen LogP contribution in [0.15, 0.2) is 79.7 Å². The van der Waals surface area contributed by atoms with E-state index >= 15 is 0 Å². The molecule has 2 aromatic heterocycles. The normalized spacial score (nSPS) is 11.7. The Morgan fingerprint density at radius 3 is 2.45 bits per heavy atom. The molecule has 3 N–H and O–H groups in total. The lowest BCUT2D eigenvalue weighted by atomic mass is 10.1. The van der Waals surface area contributed by atoms with E-state index in [9.17, 15) is 26.4 Å². The molecule has 0 unspecified atom stereocenters. The second-order valence-electron chi connectivity index (χ2n) is 10.5. The van der Waals surface area contributed by atoms with Gasteiger partial charge >= 0.3 is 6.36 Å². The van der Waals surface area contributed by atoms with E-state index in [1.165, 1.54) is 36.6 Å². The van der Waals surface area contributed by atoms with Crippen LogP contribution in [0.5, 0.6) is 5.75 Å². The first-order valence-electron chi connectivity index (χ1n) is 13.9. The number of hydrogen-bond donors (Lipinski definition) is 3. The van der Waals surface area contributed by atoms with Crippen molar-refractivity contribution in [2.24, 2.45) is 7.05 Å². The second-order valence-corrected chi connectivity index (χ2v) is 12.0. The third kappa shape index (κ3) is 11.4.